The highest BCUT2D eigenvalue weighted by atomic mass is 35.5. The summed E-state index contributed by atoms with van der Waals surface area (Å²) in [6.45, 7) is 1.29. The zero-order valence-electron chi connectivity index (χ0n) is 14.0. The van der Waals surface area contributed by atoms with Crippen LogP contribution in [0.25, 0.3) is 11.3 Å². The third-order valence-corrected chi connectivity index (χ3v) is 4.66. The molecule has 1 fully saturated rings. The van der Waals surface area contributed by atoms with Crippen LogP contribution >= 0.6 is 11.6 Å². The van der Waals surface area contributed by atoms with E-state index in [0.717, 1.165) is 22.8 Å². The summed E-state index contributed by atoms with van der Waals surface area (Å²) >= 11 is 5.86. The molecule has 0 spiro atoms. The van der Waals surface area contributed by atoms with E-state index in [1.54, 1.807) is 30.6 Å². The molecule has 26 heavy (non-hydrogen) atoms. The van der Waals surface area contributed by atoms with Crippen LogP contribution in [0.4, 0.5) is 11.5 Å². The van der Waals surface area contributed by atoms with Crippen molar-refractivity contribution in [3.05, 3.63) is 72.0 Å². The van der Waals surface area contributed by atoms with E-state index in [4.69, 9.17) is 11.6 Å². The molecule has 0 unspecified atom stereocenters. The smallest absolute Gasteiger partial charge is 0.231 e. The maximum atomic E-state index is 12.3. The first kappa shape index (κ1) is 16.5. The van der Waals surface area contributed by atoms with Gasteiger partial charge in [0.1, 0.15) is 12.1 Å². The number of aromatic nitrogens is 2. The van der Waals surface area contributed by atoms with Gasteiger partial charge < -0.3 is 10.2 Å². The fourth-order valence-corrected chi connectivity index (χ4v) is 3.02. The predicted molar refractivity (Wildman–Crippen MR) is 103 cm³/mol. The van der Waals surface area contributed by atoms with E-state index in [-0.39, 0.29) is 11.8 Å². The molecule has 0 bridgehead atoms. The zero-order chi connectivity index (χ0) is 17.9. The average molecular weight is 365 g/mol. The normalized spacial score (nSPS) is 14.0. The first-order valence-corrected chi connectivity index (χ1v) is 8.76. The number of hydrogen-bond donors (Lipinski definition) is 1. The third-order valence-electron chi connectivity index (χ3n) is 4.41. The first-order valence-electron chi connectivity index (χ1n) is 8.38. The summed E-state index contributed by atoms with van der Waals surface area (Å²) in [7, 11) is 0. The van der Waals surface area contributed by atoms with Crippen LogP contribution in [0, 0.1) is 5.92 Å². The van der Waals surface area contributed by atoms with E-state index in [1.165, 1.54) is 0 Å². The molecule has 0 aliphatic carbocycles. The van der Waals surface area contributed by atoms with Crippen molar-refractivity contribution in [1.82, 2.24) is 9.97 Å². The van der Waals surface area contributed by atoms with Crippen molar-refractivity contribution in [1.29, 1.82) is 0 Å². The van der Waals surface area contributed by atoms with Crippen molar-refractivity contribution in [3.8, 4) is 11.3 Å². The largest absolute Gasteiger partial charge is 0.355 e. The number of nitrogens with zero attached hydrogens (tertiary/aromatic N) is 3. The highest BCUT2D eigenvalue weighted by Crippen LogP contribution is 2.27. The quantitative estimate of drug-likeness (QED) is 0.763. The van der Waals surface area contributed by atoms with Crippen molar-refractivity contribution in [2.75, 3.05) is 23.3 Å². The Hall–Kier alpha value is -2.92. The van der Waals surface area contributed by atoms with E-state index in [2.05, 4.69) is 20.2 Å². The van der Waals surface area contributed by atoms with Crippen LogP contribution < -0.4 is 10.2 Å². The number of hydrogen-bond acceptors (Lipinski definition) is 4. The molecule has 6 heteroatoms. The Balaban J connectivity index is 1.39. The summed E-state index contributed by atoms with van der Waals surface area (Å²) < 4.78 is 0. The monoisotopic (exact) mass is 364 g/mol. The summed E-state index contributed by atoms with van der Waals surface area (Å²) in [4.78, 5) is 23.1. The summed E-state index contributed by atoms with van der Waals surface area (Å²) in [5.41, 5.74) is 2.68. The van der Waals surface area contributed by atoms with Crippen molar-refractivity contribution >= 4 is 29.0 Å². The highest BCUT2D eigenvalue weighted by Gasteiger charge is 2.33. The molecule has 3 aromatic rings. The topological polar surface area (TPSA) is 58.1 Å². The van der Waals surface area contributed by atoms with Gasteiger partial charge in [0.05, 0.1) is 11.6 Å². The molecule has 1 aromatic heterocycles. The molecule has 4 rings (SSSR count). The number of rotatable bonds is 4. The Labute approximate surface area is 156 Å². The molecule has 0 atom stereocenters. The molecule has 0 saturated carbocycles. The van der Waals surface area contributed by atoms with Gasteiger partial charge in [-0.3, -0.25) is 4.79 Å². The van der Waals surface area contributed by atoms with Crippen LogP contribution in [0.2, 0.25) is 5.02 Å². The average Bonchev–Trinajstić information content (AvgIpc) is 2.63. The molecular weight excluding hydrogens is 348 g/mol. The van der Waals surface area contributed by atoms with Gasteiger partial charge in [-0.2, -0.15) is 0 Å². The van der Waals surface area contributed by atoms with E-state index >= 15 is 0 Å². The second-order valence-corrected chi connectivity index (χ2v) is 6.66. The number of carbonyl (C=O) groups excluding carboxylic acids is 1. The van der Waals surface area contributed by atoms with Crippen molar-refractivity contribution < 1.29 is 4.79 Å². The van der Waals surface area contributed by atoms with Crippen LogP contribution in [0.5, 0.6) is 0 Å². The minimum absolute atomic E-state index is 0.0147. The number of halogens is 1. The molecule has 5 nitrogen and oxygen atoms in total. The van der Waals surface area contributed by atoms with E-state index < -0.39 is 0 Å². The van der Waals surface area contributed by atoms with Crippen LogP contribution in [-0.2, 0) is 4.79 Å². The van der Waals surface area contributed by atoms with Gasteiger partial charge in [-0.25, -0.2) is 9.97 Å². The fraction of sp³-hybridized carbons (Fsp3) is 0.150. The summed E-state index contributed by atoms with van der Waals surface area (Å²) in [5, 5.41) is 3.57. The first-order chi connectivity index (χ1) is 12.7. The second-order valence-electron chi connectivity index (χ2n) is 6.23. The molecule has 2 heterocycles. The number of amides is 1. The van der Waals surface area contributed by atoms with Crippen molar-refractivity contribution in [2.45, 2.75) is 0 Å². The molecule has 1 N–H and O–H groups in total. The molecule has 130 valence electrons. The SMILES string of the molecule is O=C(Nc1ccc(Cl)cc1)C1CN(c2cc(-c3ccccc3)ncn2)C1. The van der Waals surface area contributed by atoms with Crippen LogP contribution in [0.3, 0.4) is 0 Å². The molecule has 2 aromatic carbocycles. The predicted octanol–water partition coefficient (Wildman–Crippen LogP) is 3.87. The van der Waals surface area contributed by atoms with E-state index in [9.17, 15) is 4.79 Å². The van der Waals surface area contributed by atoms with Gasteiger partial charge in [-0.15, -0.1) is 0 Å². The van der Waals surface area contributed by atoms with Gasteiger partial charge in [-0.1, -0.05) is 41.9 Å². The fourth-order valence-electron chi connectivity index (χ4n) is 2.90. The standard InChI is InChI=1S/C20H17ClN4O/c21-16-6-8-17(9-7-16)24-20(26)15-11-25(12-15)19-10-18(22-13-23-19)14-4-2-1-3-5-14/h1-10,13,15H,11-12H2,(H,24,26). The van der Waals surface area contributed by atoms with Crippen molar-refractivity contribution in [3.63, 3.8) is 0 Å². The molecule has 1 aliphatic heterocycles. The Kier molecular flexibility index (Phi) is 4.54. The Bertz CT molecular complexity index is 909. The van der Waals surface area contributed by atoms with E-state index in [1.807, 2.05) is 36.4 Å². The second kappa shape index (κ2) is 7.14. The van der Waals surface area contributed by atoms with Gasteiger partial charge in [0.2, 0.25) is 5.91 Å². The van der Waals surface area contributed by atoms with Crippen molar-refractivity contribution in [2.24, 2.45) is 5.92 Å². The Morgan fingerprint density at radius 1 is 1.04 bits per heavy atom. The summed E-state index contributed by atoms with van der Waals surface area (Å²) in [6, 6.07) is 19.1. The molecule has 1 saturated heterocycles. The van der Waals surface area contributed by atoms with Gasteiger partial charge >= 0.3 is 0 Å². The zero-order valence-corrected chi connectivity index (χ0v) is 14.7. The molecular formula is C20H17ClN4O. The summed E-state index contributed by atoms with van der Waals surface area (Å²) in [6.07, 6.45) is 1.57. The van der Waals surface area contributed by atoms with Crippen LogP contribution in [0.15, 0.2) is 67.0 Å². The number of nitrogens with one attached hydrogen (secondary N) is 1. The highest BCUT2D eigenvalue weighted by molar-refractivity contribution is 6.30. The minimum Gasteiger partial charge on any atom is -0.355 e. The molecule has 1 amide bonds. The molecule has 0 radical (unpaired) electrons. The maximum Gasteiger partial charge on any atom is 0.231 e. The lowest BCUT2D eigenvalue weighted by Crippen LogP contribution is -2.52. The van der Waals surface area contributed by atoms with Gasteiger partial charge in [0.25, 0.3) is 0 Å². The van der Waals surface area contributed by atoms with Gasteiger partial charge in [0.15, 0.2) is 0 Å². The third kappa shape index (κ3) is 3.53. The van der Waals surface area contributed by atoms with Crippen LogP contribution in [-0.4, -0.2) is 29.0 Å². The number of benzene rings is 2. The Morgan fingerprint density at radius 2 is 1.77 bits per heavy atom. The Morgan fingerprint density at radius 3 is 2.50 bits per heavy atom. The maximum absolute atomic E-state index is 12.3. The van der Waals surface area contributed by atoms with Gasteiger partial charge in [-0.05, 0) is 24.3 Å². The number of carbonyl (C=O) groups is 1. The molecule has 1 aliphatic rings. The summed E-state index contributed by atoms with van der Waals surface area (Å²) in [5.74, 6) is 0.802. The lowest BCUT2D eigenvalue weighted by Gasteiger charge is -2.39. The van der Waals surface area contributed by atoms with E-state index in [0.29, 0.717) is 18.1 Å². The lowest BCUT2D eigenvalue weighted by atomic mass is 9.99. The van der Waals surface area contributed by atoms with Gasteiger partial charge in [0, 0.05) is 35.4 Å². The number of anilines is 2. The minimum atomic E-state index is -0.0548. The van der Waals surface area contributed by atoms with Crippen LogP contribution in [0.1, 0.15) is 0 Å². The lowest BCUT2D eigenvalue weighted by molar-refractivity contribution is -0.120.